The summed E-state index contributed by atoms with van der Waals surface area (Å²) in [6.07, 6.45) is 0. The molecule has 0 aliphatic carbocycles. The number of carbonyl (C=O) groups excluding carboxylic acids is 1. The topological polar surface area (TPSA) is 84.8 Å². The largest absolute Gasteiger partial charge is 0.481 e. The number of nitrogens with one attached hydrogen (secondary N) is 1. The Morgan fingerprint density at radius 2 is 2.10 bits per heavy atom. The Morgan fingerprint density at radius 3 is 2.65 bits per heavy atom. The fourth-order valence-corrected chi connectivity index (χ4v) is 2.15. The summed E-state index contributed by atoms with van der Waals surface area (Å²) in [5, 5.41) is 0. The Kier molecular flexibility index (Phi) is 5.34. The lowest BCUT2D eigenvalue weighted by Crippen LogP contribution is -2.19. The molecule has 0 saturated heterocycles. The summed E-state index contributed by atoms with van der Waals surface area (Å²) >= 11 is 0. The molecule has 0 aliphatic rings. The molecule has 110 valence electrons. The molecule has 0 aliphatic heterocycles. The zero-order valence-electron chi connectivity index (χ0n) is 11.3. The fraction of sp³-hybridized carbons (Fsp3) is 0.333. The van der Waals surface area contributed by atoms with Gasteiger partial charge in [0, 0.05) is 6.92 Å². The number of hydrogen-bond donors (Lipinski definition) is 1. The van der Waals surface area contributed by atoms with E-state index in [1.54, 1.807) is 6.92 Å². The number of rotatable bonds is 4. The van der Waals surface area contributed by atoms with Crippen LogP contribution in [0.4, 0.5) is 4.39 Å². The SMILES string of the molecule is CCO/C(C)=N/C(=O)c1cc(S(=O)(=O)NC)ccc1F. The average Bonchev–Trinajstić information content (AvgIpc) is 2.39. The number of carbonyl (C=O) groups is 1. The van der Waals surface area contributed by atoms with Crippen molar-refractivity contribution < 1.29 is 22.3 Å². The lowest BCUT2D eigenvalue weighted by atomic mass is 10.2. The summed E-state index contributed by atoms with van der Waals surface area (Å²) in [6.45, 7) is 3.48. The highest BCUT2D eigenvalue weighted by atomic mass is 32.2. The Hall–Kier alpha value is -1.80. The molecule has 1 rings (SSSR count). The van der Waals surface area contributed by atoms with Gasteiger partial charge in [0.25, 0.3) is 5.91 Å². The maximum Gasteiger partial charge on any atom is 0.282 e. The molecule has 0 bridgehead atoms. The number of hydrogen-bond acceptors (Lipinski definition) is 4. The van der Waals surface area contributed by atoms with Crippen LogP contribution in [0.5, 0.6) is 0 Å². The minimum absolute atomic E-state index is 0.0822. The lowest BCUT2D eigenvalue weighted by molar-refractivity contribution is 0.0995. The number of ether oxygens (including phenoxy) is 1. The molecular weight excluding hydrogens is 287 g/mol. The zero-order chi connectivity index (χ0) is 15.3. The molecule has 1 aromatic carbocycles. The van der Waals surface area contributed by atoms with E-state index in [4.69, 9.17) is 4.74 Å². The first-order chi connectivity index (χ1) is 9.31. The molecule has 0 atom stereocenters. The van der Waals surface area contributed by atoms with E-state index in [9.17, 15) is 17.6 Å². The van der Waals surface area contributed by atoms with Crippen molar-refractivity contribution in [3.8, 4) is 0 Å². The van der Waals surface area contributed by atoms with Crippen LogP contribution in [0.15, 0.2) is 28.1 Å². The summed E-state index contributed by atoms with van der Waals surface area (Å²) in [6, 6.07) is 2.91. The first-order valence-electron chi connectivity index (χ1n) is 5.77. The van der Waals surface area contributed by atoms with E-state index in [1.165, 1.54) is 14.0 Å². The van der Waals surface area contributed by atoms with Gasteiger partial charge in [-0.3, -0.25) is 4.79 Å². The fourth-order valence-electron chi connectivity index (χ4n) is 1.40. The van der Waals surface area contributed by atoms with Gasteiger partial charge in [-0.25, -0.2) is 17.5 Å². The highest BCUT2D eigenvalue weighted by Crippen LogP contribution is 2.16. The van der Waals surface area contributed by atoms with Gasteiger partial charge in [-0.2, -0.15) is 4.99 Å². The van der Waals surface area contributed by atoms with Crippen LogP contribution in [-0.2, 0) is 14.8 Å². The maximum atomic E-state index is 13.6. The molecule has 1 amide bonds. The second-order valence-electron chi connectivity index (χ2n) is 3.72. The lowest BCUT2D eigenvalue weighted by Gasteiger charge is -2.05. The van der Waals surface area contributed by atoms with Crippen molar-refractivity contribution in [1.82, 2.24) is 4.72 Å². The van der Waals surface area contributed by atoms with E-state index in [0.29, 0.717) is 6.61 Å². The number of amides is 1. The van der Waals surface area contributed by atoms with Gasteiger partial charge in [0.1, 0.15) is 5.82 Å². The number of benzene rings is 1. The Bertz CT molecular complexity index is 641. The van der Waals surface area contributed by atoms with Crippen LogP contribution in [0.25, 0.3) is 0 Å². The molecule has 0 aromatic heterocycles. The summed E-state index contributed by atoms with van der Waals surface area (Å²) < 4.78 is 43.9. The number of aliphatic imine (C=N–C) groups is 1. The van der Waals surface area contributed by atoms with Crippen molar-refractivity contribution in [2.45, 2.75) is 18.7 Å². The number of nitrogens with zero attached hydrogens (tertiary/aromatic N) is 1. The molecule has 0 unspecified atom stereocenters. The van der Waals surface area contributed by atoms with Gasteiger partial charge < -0.3 is 4.74 Å². The van der Waals surface area contributed by atoms with Crippen LogP contribution in [-0.4, -0.2) is 33.9 Å². The quantitative estimate of drug-likeness (QED) is 0.671. The molecule has 1 N–H and O–H groups in total. The third-order valence-corrected chi connectivity index (χ3v) is 3.77. The predicted molar refractivity (Wildman–Crippen MR) is 71.7 cm³/mol. The molecule has 0 fully saturated rings. The average molecular weight is 302 g/mol. The summed E-state index contributed by atoms with van der Waals surface area (Å²) in [5.41, 5.74) is -0.430. The normalized spacial score (nSPS) is 12.3. The standard InChI is InChI=1S/C12H15FN2O4S/c1-4-19-8(2)15-12(16)10-7-9(5-6-11(10)13)20(17,18)14-3/h5-7,14H,4H2,1-3H3/b15-8+. The zero-order valence-corrected chi connectivity index (χ0v) is 12.1. The molecule has 6 nitrogen and oxygen atoms in total. The maximum absolute atomic E-state index is 13.6. The molecule has 20 heavy (non-hydrogen) atoms. The molecular formula is C12H15FN2O4S. The number of sulfonamides is 1. The van der Waals surface area contributed by atoms with Crippen LogP contribution < -0.4 is 4.72 Å². The highest BCUT2D eigenvalue weighted by Gasteiger charge is 2.18. The van der Waals surface area contributed by atoms with Crippen LogP contribution in [0.3, 0.4) is 0 Å². The summed E-state index contributed by atoms with van der Waals surface area (Å²) in [5.74, 6) is -1.67. The van der Waals surface area contributed by atoms with Crippen molar-refractivity contribution >= 4 is 21.8 Å². The second-order valence-corrected chi connectivity index (χ2v) is 5.60. The predicted octanol–water partition coefficient (Wildman–Crippen LogP) is 1.33. The molecule has 1 aromatic rings. The van der Waals surface area contributed by atoms with Gasteiger partial charge in [-0.1, -0.05) is 0 Å². The van der Waals surface area contributed by atoms with Crippen molar-refractivity contribution in [2.24, 2.45) is 4.99 Å². The van der Waals surface area contributed by atoms with E-state index < -0.39 is 27.3 Å². The third kappa shape index (κ3) is 3.84. The summed E-state index contributed by atoms with van der Waals surface area (Å²) in [4.78, 5) is 15.1. The van der Waals surface area contributed by atoms with E-state index >= 15 is 0 Å². The molecule has 0 radical (unpaired) electrons. The monoisotopic (exact) mass is 302 g/mol. The third-order valence-electron chi connectivity index (χ3n) is 2.36. The van der Waals surface area contributed by atoms with Gasteiger partial charge in [0.2, 0.25) is 10.0 Å². The molecule has 0 heterocycles. The number of halogens is 1. The van der Waals surface area contributed by atoms with E-state index in [1.807, 2.05) is 0 Å². The van der Waals surface area contributed by atoms with Crippen molar-refractivity contribution in [3.63, 3.8) is 0 Å². The van der Waals surface area contributed by atoms with Crippen LogP contribution in [0.2, 0.25) is 0 Å². The van der Waals surface area contributed by atoms with E-state index in [2.05, 4.69) is 9.71 Å². The van der Waals surface area contributed by atoms with Gasteiger partial charge in [0.15, 0.2) is 5.90 Å². The highest BCUT2D eigenvalue weighted by molar-refractivity contribution is 7.89. The van der Waals surface area contributed by atoms with E-state index in [-0.39, 0.29) is 10.8 Å². The first-order valence-corrected chi connectivity index (χ1v) is 7.25. The van der Waals surface area contributed by atoms with Gasteiger partial charge in [-0.15, -0.1) is 0 Å². The van der Waals surface area contributed by atoms with Crippen LogP contribution in [0.1, 0.15) is 24.2 Å². The molecule has 0 saturated carbocycles. The minimum atomic E-state index is -3.76. The molecule has 8 heteroatoms. The Morgan fingerprint density at radius 1 is 1.45 bits per heavy atom. The van der Waals surface area contributed by atoms with E-state index in [0.717, 1.165) is 18.2 Å². The smallest absolute Gasteiger partial charge is 0.282 e. The summed E-state index contributed by atoms with van der Waals surface area (Å²) in [7, 11) is -2.54. The Labute approximate surface area is 116 Å². The van der Waals surface area contributed by atoms with Gasteiger partial charge in [-0.05, 0) is 32.2 Å². The van der Waals surface area contributed by atoms with Crippen molar-refractivity contribution in [2.75, 3.05) is 13.7 Å². The van der Waals surface area contributed by atoms with Crippen LogP contribution >= 0.6 is 0 Å². The second kappa shape index (κ2) is 6.58. The van der Waals surface area contributed by atoms with Crippen molar-refractivity contribution in [1.29, 1.82) is 0 Å². The van der Waals surface area contributed by atoms with Gasteiger partial charge >= 0.3 is 0 Å². The Balaban J connectivity index is 3.22. The van der Waals surface area contributed by atoms with Crippen molar-refractivity contribution in [3.05, 3.63) is 29.6 Å². The first kappa shape index (κ1) is 16.3. The molecule has 0 spiro atoms. The van der Waals surface area contributed by atoms with Gasteiger partial charge in [0.05, 0.1) is 17.1 Å². The van der Waals surface area contributed by atoms with Crippen LogP contribution in [0, 0.1) is 5.82 Å². The minimum Gasteiger partial charge on any atom is -0.481 e.